The van der Waals surface area contributed by atoms with Gasteiger partial charge in [0.15, 0.2) is 0 Å². The number of hydrogen-bond acceptors (Lipinski definition) is 5. The van der Waals surface area contributed by atoms with E-state index in [-0.39, 0.29) is 23.5 Å². The van der Waals surface area contributed by atoms with Gasteiger partial charge in [-0.1, -0.05) is 29.8 Å². The third-order valence-electron chi connectivity index (χ3n) is 3.23. The van der Waals surface area contributed by atoms with Crippen LogP contribution in [0.15, 0.2) is 50.3 Å². The molecule has 1 aromatic carbocycles. The Hall–Kier alpha value is -2.08. The van der Waals surface area contributed by atoms with E-state index in [1.807, 2.05) is 0 Å². The van der Waals surface area contributed by atoms with E-state index >= 15 is 0 Å². The third-order valence-corrected chi connectivity index (χ3v) is 3.76. The fourth-order valence-corrected chi connectivity index (χ4v) is 2.09. The minimum Gasteiger partial charge on any atom is -0.487 e. The lowest BCUT2D eigenvalue weighted by molar-refractivity contribution is 0.0442. The maximum atomic E-state index is 11.9. The average Bonchev–Trinajstić information content (AvgIpc) is 2.55. The minimum absolute atomic E-state index is 0.115. The van der Waals surface area contributed by atoms with Gasteiger partial charge in [-0.05, 0) is 36.6 Å². The van der Waals surface area contributed by atoms with E-state index in [1.54, 1.807) is 24.3 Å². The van der Waals surface area contributed by atoms with Crippen LogP contribution in [0.3, 0.4) is 0 Å². The number of benzene rings is 1. The number of ether oxygens (including phenoxy) is 2. The summed E-state index contributed by atoms with van der Waals surface area (Å²) in [6.07, 6.45) is 2.11. The van der Waals surface area contributed by atoms with Gasteiger partial charge < -0.3 is 13.9 Å². The first-order valence-electron chi connectivity index (χ1n) is 7.63. The summed E-state index contributed by atoms with van der Waals surface area (Å²) < 4.78 is 16.7. The summed E-state index contributed by atoms with van der Waals surface area (Å²) in [5, 5.41) is 0. The fraction of sp³-hybridized carbons (Fsp3) is 0.333. The molecule has 0 fully saturated rings. The lowest BCUT2D eigenvalue weighted by Gasteiger charge is -2.08. The van der Waals surface area contributed by atoms with Gasteiger partial charge in [0, 0.05) is 10.5 Å². The average molecular weight is 395 g/mol. The summed E-state index contributed by atoms with van der Waals surface area (Å²) in [4.78, 5) is 23.8. The smallest absolute Gasteiger partial charge is 0.338 e. The van der Waals surface area contributed by atoms with Crippen LogP contribution in [0.1, 0.15) is 36.4 Å². The van der Waals surface area contributed by atoms with Crippen molar-refractivity contribution in [1.82, 2.24) is 0 Å². The summed E-state index contributed by atoms with van der Waals surface area (Å²) >= 11 is 3.30. The predicted molar refractivity (Wildman–Crippen MR) is 93.2 cm³/mol. The molecule has 1 aromatic heterocycles. The molecule has 0 unspecified atom stereocenters. The number of rotatable bonds is 7. The Morgan fingerprint density at radius 3 is 2.58 bits per heavy atom. The van der Waals surface area contributed by atoms with E-state index in [1.165, 1.54) is 12.3 Å². The van der Waals surface area contributed by atoms with Crippen LogP contribution in [0.2, 0.25) is 0 Å². The molecule has 0 radical (unpaired) electrons. The van der Waals surface area contributed by atoms with Crippen LogP contribution in [-0.4, -0.2) is 12.6 Å². The van der Waals surface area contributed by atoms with Crippen LogP contribution in [0, 0.1) is 5.92 Å². The highest BCUT2D eigenvalue weighted by Gasteiger charge is 2.10. The van der Waals surface area contributed by atoms with Gasteiger partial charge in [-0.15, -0.1) is 0 Å². The van der Waals surface area contributed by atoms with Gasteiger partial charge in [0.05, 0.1) is 12.2 Å². The Bertz CT molecular complexity index is 734. The van der Waals surface area contributed by atoms with Crippen LogP contribution < -0.4 is 10.2 Å². The zero-order valence-electron chi connectivity index (χ0n) is 13.6. The molecule has 0 spiro atoms. The molecule has 0 saturated carbocycles. The summed E-state index contributed by atoms with van der Waals surface area (Å²) in [7, 11) is 0. The molecule has 0 saturated heterocycles. The second kappa shape index (κ2) is 8.68. The van der Waals surface area contributed by atoms with E-state index in [2.05, 4.69) is 29.8 Å². The van der Waals surface area contributed by atoms with Crippen molar-refractivity contribution in [3.05, 3.63) is 62.6 Å². The second-order valence-electron chi connectivity index (χ2n) is 5.69. The van der Waals surface area contributed by atoms with Crippen molar-refractivity contribution in [2.75, 3.05) is 6.61 Å². The first kappa shape index (κ1) is 18.3. The highest BCUT2D eigenvalue weighted by Crippen LogP contribution is 2.13. The fourth-order valence-electron chi connectivity index (χ4n) is 1.83. The van der Waals surface area contributed by atoms with Gasteiger partial charge in [0.2, 0.25) is 11.2 Å². The zero-order chi connectivity index (χ0) is 17.5. The van der Waals surface area contributed by atoms with E-state index in [4.69, 9.17) is 13.9 Å². The van der Waals surface area contributed by atoms with Gasteiger partial charge in [0.1, 0.15) is 18.6 Å². The van der Waals surface area contributed by atoms with E-state index in [9.17, 15) is 9.59 Å². The monoisotopic (exact) mass is 394 g/mol. The van der Waals surface area contributed by atoms with Crippen LogP contribution >= 0.6 is 15.9 Å². The number of halogens is 1. The Morgan fingerprint density at radius 1 is 1.25 bits per heavy atom. The molecule has 0 aliphatic carbocycles. The highest BCUT2D eigenvalue weighted by molar-refractivity contribution is 9.10. The van der Waals surface area contributed by atoms with Crippen molar-refractivity contribution in [2.45, 2.75) is 26.9 Å². The van der Waals surface area contributed by atoms with Gasteiger partial charge in [-0.3, -0.25) is 4.79 Å². The Kier molecular flexibility index (Phi) is 6.61. The Labute approximate surface area is 148 Å². The first-order valence-corrected chi connectivity index (χ1v) is 8.42. The number of esters is 1. The van der Waals surface area contributed by atoms with Crippen molar-refractivity contribution in [2.24, 2.45) is 5.92 Å². The largest absolute Gasteiger partial charge is 0.487 e. The molecular formula is C18H19BrO5. The normalized spacial score (nSPS) is 10.7. The van der Waals surface area contributed by atoms with E-state index in [0.29, 0.717) is 18.1 Å². The number of carbonyl (C=O) groups excluding carboxylic acids is 1. The molecular weight excluding hydrogens is 376 g/mol. The maximum Gasteiger partial charge on any atom is 0.338 e. The molecule has 0 aliphatic heterocycles. The predicted octanol–water partition coefficient (Wildman–Crippen LogP) is 4.18. The third kappa shape index (κ3) is 5.53. The Morgan fingerprint density at radius 2 is 1.96 bits per heavy atom. The molecule has 128 valence electrons. The molecule has 2 rings (SSSR count). The molecule has 0 N–H and O–H groups in total. The molecule has 0 amide bonds. The van der Waals surface area contributed by atoms with Crippen molar-refractivity contribution in [3.63, 3.8) is 0 Å². The highest BCUT2D eigenvalue weighted by atomic mass is 79.9. The molecule has 5 nitrogen and oxygen atoms in total. The van der Waals surface area contributed by atoms with Crippen LogP contribution in [-0.2, 0) is 11.3 Å². The molecule has 1 heterocycles. The minimum atomic E-state index is -0.484. The van der Waals surface area contributed by atoms with Crippen molar-refractivity contribution < 1.29 is 18.7 Å². The molecule has 24 heavy (non-hydrogen) atoms. The van der Waals surface area contributed by atoms with Gasteiger partial charge in [0.25, 0.3) is 0 Å². The van der Waals surface area contributed by atoms with E-state index < -0.39 is 5.97 Å². The van der Waals surface area contributed by atoms with Crippen LogP contribution in [0.25, 0.3) is 0 Å². The molecule has 0 aliphatic rings. The molecule has 0 bridgehead atoms. The lowest BCUT2D eigenvalue weighted by Crippen LogP contribution is -2.11. The second-order valence-corrected chi connectivity index (χ2v) is 6.60. The molecule has 6 heteroatoms. The number of carbonyl (C=O) groups is 1. The van der Waals surface area contributed by atoms with Gasteiger partial charge in [-0.2, -0.15) is 0 Å². The van der Waals surface area contributed by atoms with Crippen LogP contribution in [0.5, 0.6) is 5.75 Å². The van der Waals surface area contributed by atoms with Gasteiger partial charge in [-0.25, -0.2) is 4.79 Å². The van der Waals surface area contributed by atoms with Crippen LogP contribution in [0.4, 0.5) is 0 Å². The van der Waals surface area contributed by atoms with Crippen molar-refractivity contribution in [3.8, 4) is 5.75 Å². The van der Waals surface area contributed by atoms with Crippen molar-refractivity contribution in [1.29, 1.82) is 0 Å². The lowest BCUT2D eigenvalue weighted by atomic mass is 10.1. The van der Waals surface area contributed by atoms with E-state index in [0.717, 1.165) is 10.9 Å². The molecule has 2 aromatic rings. The maximum absolute atomic E-state index is 11.9. The summed E-state index contributed by atoms with van der Waals surface area (Å²) in [6, 6.07) is 8.07. The quantitative estimate of drug-likeness (QED) is 0.658. The number of hydrogen-bond donors (Lipinski definition) is 0. The standard InChI is InChI=1S/C18H19BrO5/c1-12(2)7-8-22-17-11-23-15(9-16(17)20)10-24-18(21)13-3-5-14(19)6-4-13/h3-6,9,11-12H,7-8,10H2,1-2H3. The Balaban J connectivity index is 1.91. The first-order chi connectivity index (χ1) is 11.5. The SMILES string of the molecule is CC(C)CCOc1coc(COC(=O)c2ccc(Br)cc2)cc1=O. The molecule has 0 atom stereocenters. The summed E-state index contributed by atoms with van der Waals surface area (Å²) in [6.45, 7) is 4.50. The summed E-state index contributed by atoms with van der Waals surface area (Å²) in [5.74, 6) is 0.442. The zero-order valence-corrected chi connectivity index (χ0v) is 15.2. The summed E-state index contributed by atoms with van der Waals surface area (Å²) in [5.41, 5.74) is 0.133. The van der Waals surface area contributed by atoms with Gasteiger partial charge >= 0.3 is 5.97 Å². The topological polar surface area (TPSA) is 65.7 Å². The van der Waals surface area contributed by atoms with Crippen molar-refractivity contribution >= 4 is 21.9 Å².